The molecule has 2 aromatic heterocycles. The minimum absolute atomic E-state index is 0.284. The predicted molar refractivity (Wildman–Crippen MR) is 90.6 cm³/mol. The van der Waals surface area contributed by atoms with Crippen molar-refractivity contribution >= 4 is 23.1 Å². The summed E-state index contributed by atoms with van der Waals surface area (Å²) in [5.41, 5.74) is 1.26. The number of benzene rings is 1. The van der Waals surface area contributed by atoms with Crippen LogP contribution < -0.4 is 15.4 Å². The fourth-order valence-corrected chi connectivity index (χ4v) is 2.79. The highest BCUT2D eigenvalue weighted by molar-refractivity contribution is 7.09. The summed E-state index contributed by atoms with van der Waals surface area (Å²) < 4.78 is 6.89. The predicted octanol–water partition coefficient (Wildman–Crippen LogP) is 2.36. The van der Waals surface area contributed by atoms with Crippen molar-refractivity contribution in [2.24, 2.45) is 0 Å². The van der Waals surface area contributed by atoms with Crippen LogP contribution in [0, 0.1) is 6.92 Å². The number of urea groups is 1. The Morgan fingerprint density at radius 3 is 2.92 bits per heavy atom. The van der Waals surface area contributed by atoms with Gasteiger partial charge < -0.3 is 15.4 Å². The number of rotatable bonds is 5. The van der Waals surface area contributed by atoms with Gasteiger partial charge in [0.2, 0.25) is 0 Å². The average molecular weight is 344 g/mol. The number of aromatic nitrogens is 4. The molecule has 3 aromatic rings. The van der Waals surface area contributed by atoms with E-state index in [1.54, 1.807) is 48.3 Å². The Labute approximate surface area is 142 Å². The van der Waals surface area contributed by atoms with Crippen molar-refractivity contribution in [3.05, 3.63) is 46.4 Å². The van der Waals surface area contributed by atoms with Gasteiger partial charge in [-0.3, -0.25) is 0 Å². The van der Waals surface area contributed by atoms with Gasteiger partial charge in [0.1, 0.15) is 11.4 Å². The minimum atomic E-state index is -0.284. The van der Waals surface area contributed by atoms with E-state index in [9.17, 15) is 4.79 Å². The first-order valence-electron chi connectivity index (χ1n) is 7.18. The SMILES string of the molecule is COc1ccc(NC(=O)NCc2cccs2)cc1-n1nnnc1C. The third-order valence-electron chi connectivity index (χ3n) is 3.29. The smallest absolute Gasteiger partial charge is 0.319 e. The molecular formula is C15H16N6O2S. The largest absolute Gasteiger partial charge is 0.494 e. The maximum atomic E-state index is 12.0. The monoisotopic (exact) mass is 344 g/mol. The molecule has 0 atom stereocenters. The number of methoxy groups -OCH3 is 1. The Bertz CT molecular complexity index is 830. The van der Waals surface area contributed by atoms with Gasteiger partial charge in [-0.2, -0.15) is 4.68 Å². The van der Waals surface area contributed by atoms with Gasteiger partial charge in [-0.1, -0.05) is 6.07 Å². The van der Waals surface area contributed by atoms with E-state index in [0.717, 1.165) is 4.88 Å². The lowest BCUT2D eigenvalue weighted by molar-refractivity contribution is 0.252. The Balaban J connectivity index is 1.74. The van der Waals surface area contributed by atoms with E-state index in [2.05, 4.69) is 26.2 Å². The molecule has 0 unspecified atom stereocenters. The van der Waals surface area contributed by atoms with Gasteiger partial charge in [-0.05, 0) is 47.0 Å². The molecule has 0 aliphatic heterocycles. The lowest BCUT2D eigenvalue weighted by Crippen LogP contribution is -2.27. The second-order valence-corrected chi connectivity index (χ2v) is 5.94. The first-order chi connectivity index (χ1) is 11.7. The van der Waals surface area contributed by atoms with Gasteiger partial charge in [0, 0.05) is 10.6 Å². The lowest BCUT2D eigenvalue weighted by atomic mass is 10.2. The first kappa shape index (κ1) is 15.9. The summed E-state index contributed by atoms with van der Waals surface area (Å²) >= 11 is 1.59. The standard InChI is InChI=1S/C15H16N6O2S/c1-10-18-19-20-21(10)13-8-11(5-6-14(13)23-2)17-15(22)16-9-12-4-3-7-24-12/h3-8H,9H2,1-2H3,(H2,16,17,22). The number of amides is 2. The number of carbonyl (C=O) groups excluding carboxylic acids is 1. The molecule has 2 heterocycles. The molecule has 0 spiro atoms. The van der Waals surface area contributed by atoms with E-state index < -0.39 is 0 Å². The highest BCUT2D eigenvalue weighted by atomic mass is 32.1. The van der Waals surface area contributed by atoms with Crippen molar-refractivity contribution in [3.63, 3.8) is 0 Å². The molecule has 1 aromatic carbocycles. The van der Waals surface area contributed by atoms with Crippen molar-refractivity contribution < 1.29 is 9.53 Å². The number of carbonyl (C=O) groups is 1. The van der Waals surface area contributed by atoms with Gasteiger partial charge in [-0.25, -0.2) is 4.79 Å². The molecule has 0 fully saturated rings. The van der Waals surface area contributed by atoms with Crippen LogP contribution in [0.2, 0.25) is 0 Å². The number of ether oxygens (including phenoxy) is 1. The van der Waals surface area contributed by atoms with Crippen molar-refractivity contribution in [1.82, 2.24) is 25.5 Å². The second-order valence-electron chi connectivity index (χ2n) is 4.91. The topological polar surface area (TPSA) is 94.0 Å². The van der Waals surface area contributed by atoms with E-state index in [4.69, 9.17) is 4.74 Å². The molecule has 0 aliphatic carbocycles. The van der Waals surface area contributed by atoms with Gasteiger partial charge in [-0.15, -0.1) is 16.4 Å². The Kier molecular flexibility index (Phi) is 4.71. The third kappa shape index (κ3) is 3.51. The van der Waals surface area contributed by atoms with Crippen LogP contribution >= 0.6 is 11.3 Å². The van der Waals surface area contributed by atoms with Gasteiger partial charge in [0.05, 0.1) is 13.7 Å². The van der Waals surface area contributed by atoms with E-state index in [-0.39, 0.29) is 6.03 Å². The summed E-state index contributed by atoms with van der Waals surface area (Å²) in [6.45, 7) is 2.27. The van der Waals surface area contributed by atoms with Crippen molar-refractivity contribution in [3.8, 4) is 11.4 Å². The van der Waals surface area contributed by atoms with Crippen molar-refractivity contribution in [2.75, 3.05) is 12.4 Å². The molecule has 9 heteroatoms. The zero-order valence-corrected chi connectivity index (χ0v) is 14.0. The quantitative estimate of drug-likeness (QED) is 0.741. The first-order valence-corrected chi connectivity index (χ1v) is 8.06. The van der Waals surface area contributed by atoms with Gasteiger partial charge in [0.25, 0.3) is 0 Å². The molecule has 3 rings (SSSR count). The molecule has 2 N–H and O–H groups in total. The number of anilines is 1. The Morgan fingerprint density at radius 1 is 1.38 bits per heavy atom. The number of hydrogen-bond donors (Lipinski definition) is 2. The van der Waals surface area contributed by atoms with Crippen LogP contribution in [0.5, 0.6) is 5.75 Å². The summed E-state index contributed by atoms with van der Waals surface area (Å²) in [5, 5.41) is 19.0. The maximum Gasteiger partial charge on any atom is 0.319 e. The number of aryl methyl sites for hydroxylation is 1. The van der Waals surface area contributed by atoms with Crippen LogP contribution in [0.1, 0.15) is 10.7 Å². The summed E-state index contributed by atoms with van der Waals surface area (Å²) in [6, 6.07) is 8.90. The van der Waals surface area contributed by atoms with E-state index in [1.807, 2.05) is 17.5 Å². The molecule has 2 amide bonds. The van der Waals surface area contributed by atoms with Crippen molar-refractivity contribution in [2.45, 2.75) is 13.5 Å². The molecule has 24 heavy (non-hydrogen) atoms. The lowest BCUT2D eigenvalue weighted by Gasteiger charge is -2.12. The number of nitrogens with zero attached hydrogens (tertiary/aromatic N) is 4. The molecule has 8 nitrogen and oxygen atoms in total. The summed E-state index contributed by atoms with van der Waals surface area (Å²) in [6.07, 6.45) is 0. The zero-order valence-electron chi connectivity index (χ0n) is 13.2. The summed E-state index contributed by atoms with van der Waals surface area (Å²) in [4.78, 5) is 13.1. The van der Waals surface area contributed by atoms with Crippen LogP contribution in [0.4, 0.5) is 10.5 Å². The third-order valence-corrected chi connectivity index (χ3v) is 4.17. The highest BCUT2D eigenvalue weighted by Gasteiger charge is 2.12. The molecule has 0 radical (unpaired) electrons. The molecule has 0 bridgehead atoms. The summed E-state index contributed by atoms with van der Waals surface area (Å²) in [7, 11) is 1.57. The molecular weight excluding hydrogens is 328 g/mol. The van der Waals surface area contributed by atoms with E-state index >= 15 is 0 Å². The van der Waals surface area contributed by atoms with Crippen LogP contribution in [-0.2, 0) is 6.54 Å². The van der Waals surface area contributed by atoms with Crippen LogP contribution in [0.25, 0.3) is 5.69 Å². The van der Waals surface area contributed by atoms with Gasteiger partial charge in [0.15, 0.2) is 5.82 Å². The van der Waals surface area contributed by atoms with Crippen molar-refractivity contribution in [1.29, 1.82) is 0 Å². The second kappa shape index (κ2) is 7.09. The van der Waals surface area contributed by atoms with Gasteiger partial charge >= 0.3 is 6.03 Å². The highest BCUT2D eigenvalue weighted by Crippen LogP contribution is 2.26. The fraction of sp³-hybridized carbons (Fsp3) is 0.200. The van der Waals surface area contributed by atoms with E-state index in [1.165, 1.54) is 0 Å². The molecule has 0 saturated heterocycles. The Hall–Kier alpha value is -2.94. The fourth-order valence-electron chi connectivity index (χ4n) is 2.14. The minimum Gasteiger partial charge on any atom is -0.494 e. The molecule has 124 valence electrons. The van der Waals surface area contributed by atoms with E-state index in [0.29, 0.717) is 29.5 Å². The molecule has 0 saturated carbocycles. The summed E-state index contributed by atoms with van der Waals surface area (Å²) in [5.74, 6) is 1.22. The number of thiophene rings is 1. The molecule has 0 aliphatic rings. The average Bonchev–Trinajstić information content (AvgIpc) is 3.24. The maximum absolute atomic E-state index is 12.0. The normalized spacial score (nSPS) is 10.4. The number of tetrazole rings is 1. The Morgan fingerprint density at radius 2 is 2.25 bits per heavy atom. The zero-order chi connectivity index (χ0) is 16.9. The van der Waals surface area contributed by atoms with Crippen LogP contribution in [0.15, 0.2) is 35.7 Å². The van der Waals surface area contributed by atoms with Crippen LogP contribution in [0.3, 0.4) is 0 Å². The van der Waals surface area contributed by atoms with Crippen LogP contribution in [-0.4, -0.2) is 33.3 Å². The number of hydrogen-bond acceptors (Lipinski definition) is 6. The number of nitrogens with one attached hydrogen (secondary N) is 2.